The molecule has 2 nitrogen and oxygen atoms in total. The van der Waals surface area contributed by atoms with Gasteiger partial charge in [0.25, 0.3) is 6.71 Å². The molecule has 15 rings (SSSR count). The molecule has 8 aliphatic rings. The number of benzene rings is 6. The SMILES string of the molecule is CC(C)(C)c1cc2c3c(c1)N(c1ccc4c(c1)C(C)(C)CCC4(C)C)c1c(sc4cc5c(cc14)C(C)(C)CCC5(C)C)B3c1cc(C3CCCCC3)ccc1N2c1cccc2c1-c1ccccc1C21CC2CCC1(C)C2(C)C. The molecule has 0 radical (unpaired) electrons. The zero-order chi connectivity index (χ0) is 54.2. The highest BCUT2D eigenvalue weighted by Gasteiger charge is 2.71. The van der Waals surface area contributed by atoms with Gasteiger partial charge in [0.15, 0.2) is 0 Å². The van der Waals surface area contributed by atoms with Crippen LogP contribution in [-0.4, -0.2) is 6.71 Å². The number of anilines is 6. The fourth-order valence-electron chi connectivity index (χ4n) is 18.6. The van der Waals surface area contributed by atoms with Gasteiger partial charge in [-0.3, -0.25) is 0 Å². The van der Waals surface area contributed by atoms with Gasteiger partial charge < -0.3 is 9.80 Å². The van der Waals surface area contributed by atoms with E-state index in [1.807, 2.05) is 0 Å². The van der Waals surface area contributed by atoms with Crippen LogP contribution in [0.4, 0.5) is 34.1 Å². The molecule has 6 aliphatic carbocycles. The molecule has 3 unspecified atom stereocenters. The maximum absolute atomic E-state index is 2.83. The van der Waals surface area contributed by atoms with Crippen LogP contribution in [0.1, 0.15) is 224 Å². The average Bonchev–Trinajstić information content (AvgIpc) is 2.37. The Morgan fingerprint density at radius 1 is 0.538 bits per heavy atom. The van der Waals surface area contributed by atoms with Crippen molar-refractivity contribution in [2.24, 2.45) is 16.7 Å². The fourth-order valence-corrected chi connectivity index (χ4v) is 20.0. The molecule has 78 heavy (non-hydrogen) atoms. The molecule has 1 spiro atoms. The van der Waals surface area contributed by atoms with E-state index in [1.165, 1.54) is 165 Å². The van der Waals surface area contributed by atoms with E-state index in [9.17, 15) is 0 Å². The number of hydrogen-bond acceptors (Lipinski definition) is 3. The van der Waals surface area contributed by atoms with E-state index in [-0.39, 0.29) is 50.0 Å². The number of thiophene rings is 1. The first-order valence-corrected chi connectivity index (χ1v) is 31.6. The molecule has 6 aromatic carbocycles. The van der Waals surface area contributed by atoms with Gasteiger partial charge in [0.1, 0.15) is 0 Å². The lowest BCUT2D eigenvalue weighted by Crippen LogP contribution is -2.60. The molecular formula is C74H85BN2S. The normalized spacial score (nSPS) is 26.1. The highest BCUT2D eigenvalue weighted by atomic mass is 32.1. The monoisotopic (exact) mass is 1040 g/mol. The Morgan fingerprint density at radius 3 is 1.85 bits per heavy atom. The van der Waals surface area contributed by atoms with Crippen molar-refractivity contribution >= 4 is 78.0 Å². The van der Waals surface area contributed by atoms with E-state index in [4.69, 9.17) is 0 Å². The lowest BCUT2D eigenvalue weighted by atomic mass is 9.36. The van der Waals surface area contributed by atoms with Gasteiger partial charge in [0.05, 0.1) is 11.4 Å². The minimum absolute atomic E-state index is 0.0279. The van der Waals surface area contributed by atoms with Crippen LogP contribution in [0.2, 0.25) is 0 Å². The van der Waals surface area contributed by atoms with Crippen molar-refractivity contribution in [3.05, 3.63) is 148 Å². The van der Waals surface area contributed by atoms with Crippen LogP contribution in [0.15, 0.2) is 103 Å². The second kappa shape index (κ2) is 15.9. The standard InChI is InChI=1S/C74H85BN2S/c1-67(2,3)47-38-60-64-61(39-47)77(59-26-20-25-53-63(59)49-23-18-19-24-51(49)74(53)43-46-31-32-73(74,14)72(46,12)13)58-30-27-45(44-21-16-15-17-22-44)37-57(58)75(64)66-65(50-41-55-56(42-62(50)78-66)71(10,11)36-35-70(55,8)9)76(60)48-28-29-52-54(40-48)69(6,7)34-33-68(52,4)5/h18-20,23-30,37-42,44,46H,15-17,21-22,31-36,43H2,1-14H3. The van der Waals surface area contributed by atoms with Gasteiger partial charge in [-0.25, -0.2) is 0 Å². The summed E-state index contributed by atoms with van der Waals surface area (Å²) in [5.41, 5.74) is 27.0. The van der Waals surface area contributed by atoms with Crippen LogP contribution in [0.3, 0.4) is 0 Å². The third-order valence-corrected chi connectivity index (χ3v) is 25.2. The second-order valence-electron chi connectivity index (χ2n) is 31.1. The summed E-state index contributed by atoms with van der Waals surface area (Å²) in [4.78, 5) is 5.66. The molecule has 400 valence electrons. The van der Waals surface area contributed by atoms with Crippen molar-refractivity contribution < 1.29 is 0 Å². The predicted molar refractivity (Wildman–Crippen MR) is 336 cm³/mol. The predicted octanol–water partition coefficient (Wildman–Crippen LogP) is 19.1. The first kappa shape index (κ1) is 49.9. The Kier molecular flexibility index (Phi) is 10.2. The quantitative estimate of drug-likeness (QED) is 0.163. The highest BCUT2D eigenvalue weighted by molar-refractivity contribution is 7.33. The summed E-state index contributed by atoms with van der Waals surface area (Å²) in [5, 5.41) is 1.43. The summed E-state index contributed by atoms with van der Waals surface area (Å²) in [5.74, 6) is 1.30. The van der Waals surface area contributed by atoms with E-state index in [0.29, 0.717) is 11.8 Å². The minimum Gasteiger partial charge on any atom is -0.311 e. The summed E-state index contributed by atoms with van der Waals surface area (Å²) in [6.45, 7) is 35.4. The summed E-state index contributed by atoms with van der Waals surface area (Å²) in [6.07, 6.45) is 15.3. The molecular weight excluding hydrogens is 960 g/mol. The van der Waals surface area contributed by atoms with Crippen LogP contribution in [0.5, 0.6) is 0 Å². The number of fused-ring (bicyclic) bond motifs is 16. The van der Waals surface area contributed by atoms with Crippen LogP contribution >= 0.6 is 11.3 Å². The van der Waals surface area contributed by atoms with Gasteiger partial charge in [0.2, 0.25) is 0 Å². The second-order valence-corrected chi connectivity index (χ2v) is 32.1. The van der Waals surface area contributed by atoms with Gasteiger partial charge >= 0.3 is 0 Å². The molecule has 2 bridgehead atoms. The molecule has 0 amide bonds. The molecule has 2 aliphatic heterocycles. The molecule has 3 atom stereocenters. The van der Waals surface area contributed by atoms with Crippen molar-refractivity contribution in [3.63, 3.8) is 0 Å². The van der Waals surface area contributed by atoms with Crippen LogP contribution in [-0.2, 0) is 32.5 Å². The Balaban J connectivity index is 1.07. The van der Waals surface area contributed by atoms with Crippen molar-refractivity contribution in [1.82, 2.24) is 0 Å². The lowest BCUT2D eigenvalue weighted by molar-refractivity contribution is 0.0990. The highest BCUT2D eigenvalue weighted by Crippen LogP contribution is 2.78. The van der Waals surface area contributed by atoms with Crippen molar-refractivity contribution in [3.8, 4) is 11.1 Å². The molecule has 3 heterocycles. The molecule has 4 heteroatoms. The summed E-state index contributed by atoms with van der Waals surface area (Å²) in [6, 6.07) is 43.7. The zero-order valence-electron chi connectivity index (χ0n) is 49.8. The molecule has 7 aromatic rings. The number of rotatable bonds is 3. The van der Waals surface area contributed by atoms with Gasteiger partial charge in [-0.15, -0.1) is 11.3 Å². The third-order valence-electron chi connectivity index (χ3n) is 24.0. The van der Waals surface area contributed by atoms with Crippen molar-refractivity contribution in [2.45, 2.75) is 212 Å². The van der Waals surface area contributed by atoms with E-state index < -0.39 is 0 Å². The number of hydrogen-bond donors (Lipinski definition) is 0. The summed E-state index contributed by atoms with van der Waals surface area (Å²) >= 11 is 2.12. The minimum atomic E-state index is -0.116. The maximum Gasteiger partial charge on any atom is 0.264 e. The zero-order valence-corrected chi connectivity index (χ0v) is 50.7. The summed E-state index contributed by atoms with van der Waals surface area (Å²) in [7, 11) is 0. The average molecular weight is 1050 g/mol. The van der Waals surface area contributed by atoms with Gasteiger partial charge in [0, 0.05) is 48.6 Å². The molecule has 3 saturated carbocycles. The van der Waals surface area contributed by atoms with Crippen molar-refractivity contribution in [1.29, 1.82) is 0 Å². The Morgan fingerprint density at radius 2 is 1.18 bits per heavy atom. The first-order chi connectivity index (χ1) is 36.9. The van der Waals surface area contributed by atoms with Crippen LogP contribution in [0, 0.1) is 16.7 Å². The van der Waals surface area contributed by atoms with Gasteiger partial charge in [-0.1, -0.05) is 171 Å². The van der Waals surface area contributed by atoms with Crippen LogP contribution in [0.25, 0.3) is 21.2 Å². The largest absolute Gasteiger partial charge is 0.311 e. The van der Waals surface area contributed by atoms with Crippen molar-refractivity contribution in [2.75, 3.05) is 9.80 Å². The molecule has 0 saturated heterocycles. The van der Waals surface area contributed by atoms with Gasteiger partial charge in [-0.2, -0.15) is 0 Å². The summed E-state index contributed by atoms with van der Waals surface area (Å²) < 4.78 is 2.95. The van der Waals surface area contributed by atoms with E-state index in [1.54, 1.807) is 27.8 Å². The lowest BCUT2D eigenvalue weighted by Gasteiger charge is -2.48. The smallest absolute Gasteiger partial charge is 0.264 e. The van der Waals surface area contributed by atoms with E-state index in [0.717, 1.165) is 0 Å². The third kappa shape index (κ3) is 6.40. The molecule has 3 fully saturated rings. The maximum atomic E-state index is 2.83. The van der Waals surface area contributed by atoms with Gasteiger partial charge in [-0.05, 0) is 217 Å². The number of nitrogens with zero attached hydrogens (tertiary/aromatic N) is 2. The molecule has 0 N–H and O–H groups in total. The molecule has 1 aromatic heterocycles. The Hall–Kier alpha value is -5.06. The van der Waals surface area contributed by atoms with E-state index in [2.05, 4.69) is 221 Å². The fraction of sp³-hybridized carbons (Fsp3) is 0.486. The Labute approximate surface area is 472 Å². The van der Waals surface area contributed by atoms with E-state index >= 15 is 0 Å². The van der Waals surface area contributed by atoms with Crippen LogP contribution < -0.4 is 25.5 Å². The first-order valence-electron chi connectivity index (χ1n) is 30.8. The Bertz CT molecular complexity index is 3730. The topological polar surface area (TPSA) is 6.48 Å².